The Morgan fingerprint density at radius 3 is 2.70 bits per heavy atom. The Morgan fingerprint density at radius 1 is 1.35 bits per heavy atom. The van der Waals surface area contributed by atoms with Crippen LogP contribution in [0.25, 0.3) is 10.9 Å². The van der Waals surface area contributed by atoms with Crippen LogP contribution in [0.3, 0.4) is 0 Å². The first kappa shape index (κ1) is 17.2. The third-order valence-corrected chi connectivity index (χ3v) is 3.95. The van der Waals surface area contributed by atoms with Crippen molar-refractivity contribution < 1.29 is 14.3 Å². The largest absolute Gasteiger partial charge is 0.489 e. The standard InChI is InChI=1S/C18H24N2O3/c1-6-18(4,22-5)17(21)20-14-9-10-15(23-12(2)3)16-13(14)8-7-11-19-16/h7-12H,6H2,1-5H3,(H,20,21)/t18-/m0/s1. The van der Waals surface area contributed by atoms with Gasteiger partial charge in [-0.1, -0.05) is 6.92 Å². The minimum absolute atomic E-state index is 0.0533. The second-order valence-electron chi connectivity index (χ2n) is 5.92. The zero-order valence-electron chi connectivity index (χ0n) is 14.3. The molecule has 23 heavy (non-hydrogen) atoms. The summed E-state index contributed by atoms with van der Waals surface area (Å²) >= 11 is 0. The van der Waals surface area contributed by atoms with E-state index in [-0.39, 0.29) is 12.0 Å². The van der Waals surface area contributed by atoms with Gasteiger partial charge in [0.25, 0.3) is 5.91 Å². The minimum Gasteiger partial charge on any atom is -0.489 e. The minimum atomic E-state index is -0.859. The summed E-state index contributed by atoms with van der Waals surface area (Å²) in [6.07, 6.45) is 2.35. The fraction of sp³-hybridized carbons (Fsp3) is 0.444. The molecule has 1 heterocycles. The Hall–Kier alpha value is -2.14. The van der Waals surface area contributed by atoms with Gasteiger partial charge in [-0.15, -0.1) is 0 Å². The van der Waals surface area contributed by atoms with Crippen molar-refractivity contribution in [1.82, 2.24) is 4.98 Å². The average molecular weight is 316 g/mol. The van der Waals surface area contributed by atoms with Gasteiger partial charge in [-0.05, 0) is 51.5 Å². The molecule has 5 nitrogen and oxygen atoms in total. The number of rotatable bonds is 6. The van der Waals surface area contributed by atoms with Crippen molar-refractivity contribution in [3.8, 4) is 5.75 Å². The molecule has 124 valence electrons. The lowest BCUT2D eigenvalue weighted by atomic mass is 10.0. The molecule has 0 fully saturated rings. The number of carbonyl (C=O) groups excluding carboxylic acids is 1. The van der Waals surface area contributed by atoms with Gasteiger partial charge in [-0.2, -0.15) is 0 Å². The van der Waals surface area contributed by atoms with Gasteiger partial charge < -0.3 is 14.8 Å². The van der Waals surface area contributed by atoms with Gasteiger partial charge in [-0.25, -0.2) is 0 Å². The number of hydrogen-bond donors (Lipinski definition) is 1. The number of pyridine rings is 1. The van der Waals surface area contributed by atoms with Gasteiger partial charge in [0.15, 0.2) is 0 Å². The van der Waals surface area contributed by atoms with Crippen LogP contribution in [0.4, 0.5) is 5.69 Å². The summed E-state index contributed by atoms with van der Waals surface area (Å²) in [6.45, 7) is 7.63. The topological polar surface area (TPSA) is 60.5 Å². The molecule has 1 N–H and O–H groups in total. The van der Waals surface area contributed by atoms with E-state index in [4.69, 9.17) is 9.47 Å². The van der Waals surface area contributed by atoms with Gasteiger partial charge in [-0.3, -0.25) is 9.78 Å². The van der Waals surface area contributed by atoms with Crippen molar-refractivity contribution in [2.45, 2.75) is 45.8 Å². The summed E-state index contributed by atoms with van der Waals surface area (Å²) in [5, 5.41) is 3.79. The number of nitrogens with zero attached hydrogens (tertiary/aromatic N) is 1. The van der Waals surface area contributed by atoms with Crippen molar-refractivity contribution in [3.05, 3.63) is 30.5 Å². The van der Waals surface area contributed by atoms with Crippen LogP contribution in [0.15, 0.2) is 30.5 Å². The number of fused-ring (bicyclic) bond motifs is 1. The van der Waals surface area contributed by atoms with Crippen molar-refractivity contribution in [3.63, 3.8) is 0 Å². The molecule has 0 saturated heterocycles. The molecule has 0 radical (unpaired) electrons. The molecule has 0 saturated carbocycles. The van der Waals surface area contributed by atoms with E-state index in [2.05, 4.69) is 10.3 Å². The third-order valence-electron chi connectivity index (χ3n) is 3.95. The molecule has 0 aliphatic rings. The smallest absolute Gasteiger partial charge is 0.256 e. The highest BCUT2D eigenvalue weighted by molar-refractivity contribution is 6.05. The Labute approximate surface area is 137 Å². The highest BCUT2D eigenvalue weighted by Gasteiger charge is 2.31. The molecule has 0 bridgehead atoms. The zero-order valence-corrected chi connectivity index (χ0v) is 14.3. The molecule has 1 aromatic carbocycles. The lowest BCUT2D eigenvalue weighted by molar-refractivity contribution is -0.136. The molecule has 5 heteroatoms. The lowest BCUT2D eigenvalue weighted by Crippen LogP contribution is -2.41. The van der Waals surface area contributed by atoms with Crippen molar-refractivity contribution >= 4 is 22.5 Å². The molecule has 1 atom stereocenters. The molecular formula is C18H24N2O3. The number of carbonyl (C=O) groups is 1. The third kappa shape index (κ3) is 3.62. The molecule has 0 spiro atoms. The van der Waals surface area contributed by atoms with Crippen LogP contribution in [-0.2, 0) is 9.53 Å². The normalized spacial score (nSPS) is 13.8. The van der Waals surface area contributed by atoms with Crippen LogP contribution in [0, 0.1) is 0 Å². The molecule has 0 unspecified atom stereocenters. The van der Waals surface area contributed by atoms with Crippen LogP contribution in [0.2, 0.25) is 0 Å². The second-order valence-corrected chi connectivity index (χ2v) is 5.92. The van der Waals surface area contributed by atoms with E-state index in [9.17, 15) is 4.79 Å². The summed E-state index contributed by atoms with van der Waals surface area (Å²) in [4.78, 5) is 16.9. The summed E-state index contributed by atoms with van der Waals surface area (Å²) in [5.41, 5.74) is 0.572. The lowest BCUT2D eigenvalue weighted by Gasteiger charge is -2.25. The fourth-order valence-electron chi connectivity index (χ4n) is 2.26. The van der Waals surface area contributed by atoms with E-state index < -0.39 is 5.60 Å². The molecule has 0 aliphatic carbocycles. The first-order chi connectivity index (χ1) is 10.9. The monoisotopic (exact) mass is 316 g/mol. The highest BCUT2D eigenvalue weighted by atomic mass is 16.5. The number of methoxy groups -OCH3 is 1. The molecule has 2 aromatic rings. The van der Waals surface area contributed by atoms with Crippen LogP contribution in [0.1, 0.15) is 34.1 Å². The van der Waals surface area contributed by atoms with Crippen LogP contribution < -0.4 is 10.1 Å². The number of aromatic nitrogens is 1. The quantitative estimate of drug-likeness (QED) is 0.881. The Kier molecular flexibility index (Phi) is 5.21. The van der Waals surface area contributed by atoms with Gasteiger partial charge in [0.05, 0.1) is 11.8 Å². The van der Waals surface area contributed by atoms with Crippen LogP contribution >= 0.6 is 0 Å². The maximum Gasteiger partial charge on any atom is 0.256 e. The van der Waals surface area contributed by atoms with E-state index >= 15 is 0 Å². The summed E-state index contributed by atoms with van der Waals surface area (Å²) in [6, 6.07) is 7.43. The SMILES string of the molecule is CC[C@](C)(OC)C(=O)Nc1ccc(OC(C)C)c2ncccc12. The van der Waals surface area contributed by atoms with E-state index in [0.29, 0.717) is 17.9 Å². The Morgan fingerprint density at radius 2 is 2.09 bits per heavy atom. The van der Waals surface area contributed by atoms with Crippen molar-refractivity contribution in [2.75, 3.05) is 12.4 Å². The molecular weight excluding hydrogens is 292 g/mol. The molecule has 1 aromatic heterocycles. The molecule has 2 rings (SSSR count). The second kappa shape index (κ2) is 6.96. The van der Waals surface area contributed by atoms with Gasteiger partial charge in [0.2, 0.25) is 0 Å². The number of amides is 1. The maximum absolute atomic E-state index is 12.5. The summed E-state index contributed by atoms with van der Waals surface area (Å²) < 4.78 is 11.2. The average Bonchev–Trinajstić information content (AvgIpc) is 2.55. The number of hydrogen-bond acceptors (Lipinski definition) is 4. The van der Waals surface area contributed by atoms with Crippen molar-refractivity contribution in [1.29, 1.82) is 0 Å². The van der Waals surface area contributed by atoms with Gasteiger partial charge in [0, 0.05) is 18.7 Å². The Balaban J connectivity index is 2.41. The Bertz CT molecular complexity index is 694. The zero-order chi connectivity index (χ0) is 17.0. The van der Waals surface area contributed by atoms with E-state index in [1.807, 2.05) is 45.0 Å². The van der Waals surface area contributed by atoms with Gasteiger partial charge in [0.1, 0.15) is 16.9 Å². The van der Waals surface area contributed by atoms with Crippen molar-refractivity contribution in [2.24, 2.45) is 0 Å². The number of anilines is 1. The predicted octanol–water partition coefficient (Wildman–Crippen LogP) is 3.78. The first-order valence-corrected chi connectivity index (χ1v) is 7.82. The summed E-state index contributed by atoms with van der Waals surface area (Å²) in [7, 11) is 1.54. The van der Waals surface area contributed by atoms with Gasteiger partial charge >= 0.3 is 0 Å². The maximum atomic E-state index is 12.5. The van der Waals surface area contributed by atoms with E-state index in [1.165, 1.54) is 0 Å². The molecule has 0 aliphatic heterocycles. The number of ether oxygens (including phenoxy) is 2. The van der Waals surface area contributed by atoms with E-state index in [1.54, 1.807) is 20.2 Å². The summed E-state index contributed by atoms with van der Waals surface area (Å²) in [5.74, 6) is 0.531. The highest BCUT2D eigenvalue weighted by Crippen LogP contribution is 2.31. The van der Waals surface area contributed by atoms with E-state index in [0.717, 1.165) is 10.9 Å². The molecule has 1 amide bonds. The van der Waals surface area contributed by atoms with Crippen LogP contribution in [-0.4, -0.2) is 29.7 Å². The first-order valence-electron chi connectivity index (χ1n) is 7.82. The van der Waals surface area contributed by atoms with Crippen LogP contribution in [0.5, 0.6) is 5.75 Å². The number of benzene rings is 1. The fourth-order valence-corrected chi connectivity index (χ4v) is 2.26. The number of nitrogens with one attached hydrogen (secondary N) is 1. The predicted molar refractivity (Wildman–Crippen MR) is 91.8 cm³/mol.